The van der Waals surface area contributed by atoms with Crippen LogP contribution < -0.4 is 0 Å². The summed E-state index contributed by atoms with van der Waals surface area (Å²) in [6, 6.07) is 0. The first-order chi connectivity index (χ1) is 15.2. The molecule has 3 N–H and O–H groups in total. The van der Waals surface area contributed by atoms with Gasteiger partial charge in [-0.05, 0) is 32.1 Å². The fourth-order valence-corrected chi connectivity index (χ4v) is 4.14. The van der Waals surface area contributed by atoms with Gasteiger partial charge in [0.15, 0.2) is 0 Å². The molecule has 31 heavy (non-hydrogen) atoms. The Bertz CT molecular complexity index is 413. The second-order valence-electron chi connectivity index (χ2n) is 9.09. The van der Waals surface area contributed by atoms with E-state index in [1.165, 1.54) is 89.9 Å². The van der Waals surface area contributed by atoms with Crippen molar-refractivity contribution in [3.63, 3.8) is 0 Å². The molecule has 0 aromatic rings. The first-order valence-electron chi connectivity index (χ1n) is 13.1. The number of rotatable bonds is 20. The normalized spacial score (nSPS) is 24.3. The summed E-state index contributed by atoms with van der Waals surface area (Å²) in [5, 5.41) is 29.0. The molecule has 1 fully saturated rings. The van der Waals surface area contributed by atoms with Gasteiger partial charge in [0, 0.05) is 6.61 Å². The average Bonchev–Trinajstić information content (AvgIpc) is 2.78. The van der Waals surface area contributed by atoms with Gasteiger partial charge in [-0.25, -0.2) is 0 Å². The number of unbranched alkanes of at least 4 members (excludes halogenated alkanes) is 14. The molecule has 184 valence electrons. The Morgan fingerprint density at radius 2 is 1.29 bits per heavy atom. The Kier molecular flexibility index (Phi) is 18.6. The molecular formula is C26H50O5. The smallest absolute Gasteiger partial charge is 0.114 e. The van der Waals surface area contributed by atoms with Crippen LogP contribution in [-0.4, -0.2) is 59.6 Å². The Morgan fingerprint density at radius 3 is 1.84 bits per heavy atom. The van der Waals surface area contributed by atoms with Crippen molar-refractivity contribution in [2.75, 3.05) is 19.8 Å². The molecule has 0 aliphatic carbocycles. The molecule has 1 heterocycles. The maximum absolute atomic E-state index is 10.0. The van der Waals surface area contributed by atoms with Gasteiger partial charge in [-0.2, -0.15) is 0 Å². The van der Waals surface area contributed by atoms with Gasteiger partial charge in [0.25, 0.3) is 0 Å². The molecular weight excluding hydrogens is 392 g/mol. The van der Waals surface area contributed by atoms with Crippen molar-refractivity contribution in [2.24, 2.45) is 0 Å². The number of ether oxygens (including phenoxy) is 2. The van der Waals surface area contributed by atoms with Crippen molar-refractivity contribution in [2.45, 2.75) is 134 Å². The molecule has 0 unspecified atom stereocenters. The summed E-state index contributed by atoms with van der Waals surface area (Å²) < 4.78 is 11.0. The number of hydrogen-bond acceptors (Lipinski definition) is 5. The number of aliphatic hydroxyl groups excluding tert-OH is 3. The van der Waals surface area contributed by atoms with Crippen LogP contribution in [-0.2, 0) is 9.47 Å². The summed E-state index contributed by atoms with van der Waals surface area (Å²) in [4.78, 5) is 0. The molecule has 0 aromatic carbocycles. The highest BCUT2D eigenvalue weighted by atomic mass is 16.6. The van der Waals surface area contributed by atoms with Gasteiger partial charge in [0.05, 0.1) is 13.2 Å². The van der Waals surface area contributed by atoms with Crippen molar-refractivity contribution in [1.82, 2.24) is 0 Å². The largest absolute Gasteiger partial charge is 0.394 e. The van der Waals surface area contributed by atoms with Gasteiger partial charge in [0.1, 0.15) is 24.4 Å². The van der Waals surface area contributed by atoms with Crippen LogP contribution in [0.4, 0.5) is 0 Å². The quantitative estimate of drug-likeness (QED) is 0.176. The molecule has 0 amide bonds. The van der Waals surface area contributed by atoms with E-state index in [4.69, 9.17) is 9.47 Å². The van der Waals surface area contributed by atoms with E-state index in [-0.39, 0.29) is 13.2 Å². The van der Waals surface area contributed by atoms with Crippen molar-refractivity contribution < 1.29 is 24.8 Å². The van der Waals surface area contributed by atoms with Crippen LogP contribution in [0.5, 0.6) is 0 Å². The molecule has 0 bridgehead atoms. The molecule has 5 heteroatoms. The minimum Gasteiger partial charge on any atom is -0.394 e. The lowest BCUT2D eigenvalue weighted by molar-refractivity contribution is -0.211. The Hall–Kier alpha value is -0.460. The fraction of sp³-hybridized carbons (Fsp3) is 0.923. The highest BCUT2D eigenvalue weighted by Crippen LogP contribution is 2.19. The third kappa shape index (κ3) is 14.3. The summed E-state index contributed by atoms with van der Waals surface area (Å²) >= 11 is 0. The van der Waals surface area contributed by atoms with E-state index in [1.54, 1.807) is 0 Å². The zero-order valence-corrected chi connectivity index (χ0v) is 20.1. The van der Waals surface area contributed by atoms with Gasteiger partial charge in [-0.3, -0.25) is 0 Å². The Morgan fingerprint density at radius 1 is 0.774 bits per heavy atom. The van der Waals surface area contributed by atoms with E-state index in [9.17, 15) is 15.3 Å². The lowest BCUT2D eigenvalue weighted by atomic mass is 10.0. The highest BCUT2D eigenvalue weighted by molar-refractivity contribution is 4.87. The number of hydrogen-bond donors (Lipinski definition) is 3. The molecule has 1 aliphatic rings. The molecule has 1 aliphatic heterocycles. The van der Waals surface area contributed by atoms with Gasteiger partial charge >= 0.3 is 0 Å². The first kappa shape index (κ1) is 28.6. The Balaban J connectivity index is 1.85. The van der Waals surface area contributed by atoms with E-state index in [0.717, 1.165) is 12.8 Å². The van der Waals surface area contributed by atoms with E-state index in [0.29, 0.717) is 6.61 Å². The standard InChI is InChI=1S/C26H50O5/c1-2-3-4-5-6-7-8-9-10-11-12-13-14-15-16-17-18-19-20-30-26-24(21-27)31-22-23(28)25(26)29/h12-13,23-29H,2-11,14-22H2,1H3/b13-12+/t23-,24+,25+,26+/m0/s1. The topological polar surface area (TPSA) is 79.2 Å². The number of aliphatic hydroxyl groups is 3. The van der Waals surface area contributed by atoms with Gasteiger partial charge < -0.3 is 24.8 Å². The lowest BCUT2D eigenvalue weighted by Crippen LogP contribution is -2.55. The molecule has 5 nitrogen and oxygen atoms in total. The molecule has 0 spiro atoms. The van der Waals surface area contributed by atoms with Crippen LogP contribution in [0.3, 0.4) is 0 Å². The zero-order chi connectivity index (χ0) is 22.6. The lowest BCUT2D eigenvalue weighted by Gasteiger charge is -2.37. The van der Waals surface area contributed by atoms with E-state index >= 15 is 0 Å². The van der Waals surface area contributed by atoms with Gasteiger partial charge in [0.2, 0.25) is 0 Å². The molecule has 0 aromatic heterocycles. The van der Waals surface area contributed by atoms with Gasteiger partial charge in [-0.15, -0.1) is 0 Å². The van der Waals surface area contributed by atoms with Crippen molar-refractivity contribution in [3.05, 3.63) is 12.2 Å². The highest BCUT2D eigenvalue weighted by Gasteiger charge is 2.39. The zero-order valence-electron chi connectivity index (χ0n) is 20.1. The van der Waals surface area contributed by atoms with Crippen LogP contribution in [0, 0.1) is 0 Å². The van der Waals surface area contributed by atoms with E-state index in [1.807, 2.05) is 0 Å². The van der Waals surface area contributed by atoms with Gasteiger partial charge in [-0.1, -0.05) is 89.7 Å². The van der Waals surface area contributed by atoms with Crippen LogP contribution in [0.15, 0.2) is 12.2 Å². The summed E-state index contributed by atoms with van der Waals surface area (Å²) in [6.45, 7) is 2.63. The predicted octanol–water partition coefficient (Wildman–Crippen LogP) is 5.30. The summed E-state index contributed by atoms with van der Waals surface area (Å²) in [5.41, 5.74) is 0. The first-order valence-corrected chi connectivity index (χ1v) is 13.1. The molecule has 0 saturated carbocycles. The average molecular weight is 443 g/mol. The van der Waals surface area contributed by atoms with Crippen molar-refractivity contribution in [3.8, 4) is 0 Å². The maximum atomic E-state index is 10.0. The maximum Gasteiger partial charge on any atom is 0.114 e. The van der Waals surface area contributed by atoms with Crippen LogP contribution in [0.25, 0.3) is 0 Å². The molecule has 1 saturated heterocycles. The molecule has 0 radical (unpaired) electrons. The van der Waals surface area contributed by atoms with Crippen molar-refractivity contribution >= 4 is 0 Å². The van der Waals surface area contributed by atoms with Crippen LogP contribution >= 0.6 is 0 Å². The molecule has 4 atom stereocenters. The summed E-state index contributed by atoms with van der Waals surface area (Å²) in [6.07, 6.45) is 22.2. The number of allylic oxidation sites excluding steroid dienone is 2. The SMILES string of the molecule is CCCCCCCCCCC/C=C/CCCCCCCO[C@H]1[C@H](O)[C@@H](O)CO[C@@H]1CO. The third-order valence-electron chi connectivity index (χ3n) is 6.22. The second kappa shape index (κ2) is 20.2. The van der Waals surface area contributed by atoms with Crippen molar-refractivity contribution in [1.29, 1.82) is 0 Å². The minimum atomic E-state index is -0.992. The Labute approximate surface area is 191 Å². The monoisotopic (exact) mass is 442 g/mol. The summed E-state index contributed by atoms with van der Waals surface area (Å²) in [5.74, 6) is 0. The van der Waals surface area contributed by atoms with Crippen LogP contribution in [0.1, 0.15) is 110 Å². The summed E-state index contributed by atoms with van der Waals surface area (Å²) in [7, 11) is 0. The third-order valence-corrected chi connectivity index (χ3v) is 6.22. The van der Waals surface area contributed by atoms with E-state index < -0.39 is 24.4 Å². The predicted molar refractivity (Wildman–Crippen MR) is 127 cm³/mol. The molecule has 1 rings (SSSR count). The second-order valence-corrected chi connectivity index (χ2v) is 9.09. The van der Waals surface area contributed by atoms with E-state index in [2.05, 4.69) is 19.1 Å². The fourth-order valence-electron chi connectivity index (χ4n) is 4.14. The minimum absolute atomic E-state index is 0.0416. The van der Waals surface area contributed by atoms with Crippen LogP contribution in [0.2, 0.25) is 0 Å².